The first kappa shape index (κ1) is 15.0. The fraction of sp³-hybridized carbons (Fsp3) is 0.588. The summed E-state index contributed by atoms with van der Waals surface area (Å²) in [6.45, 7) is 9.24. The van der Waals surface area contributed by atoms with Crippen molar-refractivity contribution in [2.24, 2.45) is 5.41 Å². The maximum absolute atomic E-state index is 12.3. The average molecular weight is 300 g/mol. The topological polar surface area (TPSA) is 49.3 Å². The number of nitrogens with zero attached hydrogens (tertiary/aromatic N) is 4. The summed E-state index contributed by atoms with van der Waals surface area (Å²) in [6, 6.07) is 1.84. The van der Waals surface area contributed by atoms with Crippen molar-refractivity contribution < 1.29 is 4.79 Å². The molecule has 5 heteroatoms. The lowest BCUT2D eigenvalue weighted by molar-refractivity contribution is -0.130. The molecule has 0 radical (unpaired) electrons. The third-order valence-electron chi connectivity index (χ3n) is 4.81. The lowest BCUT2D eigenvalue weighted by atomic mass is 9.73. The van der Waals surface area contributed by atoms with Gasteiger partial charge in [0.05, 0.1) is 0 Å². The summed E-state index contributed by atoms with van der Waals surface area (Å²) >= 11 is 0. The number of carbonyl (C=O) groups is 1. The quantitative estimate of drug-likeness (QED) is 0.786. The number of aromatic nitrogens is 2. The first-order valence-electron chi connectivity index (χ1n) is 8.06. The molecule has 1 aromatic rings. The first-order valence-corrected chi connectivity index (χ1v) is 8.06. The minimum absolute atomic E-state index is 0.104. The number of hydrogen-bond acceptors (Lipinski definition) is 4. The second kappa shape index (κ2) is 6.07. The lowest BCUT2D eigenvalue weighted by Gasteiger charge is -2.48. The maximum Gasteiger partial charge on any atom is 0.248 e. The Morgan fingerprint density at radius 3 is 2.55 bits per heavy atom. The van der Waals surface area contributed by atoms with E-state index in [2.05, 4.69) is 21.4 Å². The van der Waals surface area contributed by atoms with E-state index in [1.807, 2.05) is 11.0 Å². The van der Waals surface area contributed by atoms with Crippen LogP contribution in [0.5, 0.6) is 0 Å². The number of carbonyl (C=O) groups excluding carboxylic acids is 1. The molecule has 0 N–H and O–H groups in total. The van der Waals surface area contributed by atoms with Crippen LogP contribution in [0.25, 0.3) is 0 Å². The van der Waals surface area contributed by atoms with E-state index in [1.165, 1.54) is 12.8 Å². The Hall–Kier alpha value is -1.91. The van der Waals surface area contributed by atoms with E-state index in [9.17, 15) is 4.79 Å². The van der Waals surface area contributed by atoms with E-state index in [0.717, 1.165) is 45.0 Å². The van der Waals surface area contributed by atoms with Gasteiger partial charge in [-0.05, 0) is 38.7 Å². The molecular formula is C17H24N4O. The minimum atomic E-state index is 0.104. The Kier molecular flexibility index (Phi) is 4.14. The standard InChI is InChI=1S/C17H24N4O/c1-14(2)15(22)20-10-3-6-17(12-20)7-4-11-21(13-17)16-18-8-5-9-19-16/h5,8-9H,1,3-4,6-7,10-13H2,2H3. The summed E-state index contributed by atoms with van der Waals surface area (Å²) in [7, 11) is 0. The molecule has 1 aromatic heterocycles. The number of piperidine rings is 2. The predicted molar refractivity (Wildman–Crippen MR) is 86.5 cm³/mol. The van der Waals surface area contributed by atoms with Crippen LogP contribution >= 0.6 is 0 Å². The number of hydrogen-bond donors (Lipinski definition) is 0. The normalized spacial score (nSPS) is 25.3. The molecule has 1 amide bonds. The molecule has 3 rings (SSSR count). The van der Waals surface area contributed by atoms with E-state index in [0.29, 0.717) is 5.57 Å². The zero-order valence-corrected chi connectivity index (χ0v) is 13.3. The van der Waals surface area contributed by atoms with Gasteiger partial charge in [0.25, 0.3) is 0 Å². The van der Waals surface area contributed by atoms with Crippen LogP contribution in [0.1, 0.15) is 32.6 Å². The molecule has 2 aliphatic rings. The van der Waals surface area contributed by atoms with E-state index in [4.69, 9.17) is 0 Å². The summed E-state index contributed by atoms with van der Waals surface area (Å²) in [5, 5.41) is 0. The Labute approximate surface area is 132 Å². The fourth-order valence-electron chi connectivity index (χ4n) is 3.82. The van der Waals surface area contributed by atoms with Gasteiger partial charge in [0.2, 0.25) is 11.9 Å². The van der Waals surface area contributed by atoms with E-state index >= 15 is 0 Å². The van der Waals surface area contributed by atoms with Crippen LogP contribution < -0.4 is 4.90 Å². The van der Waals surface area contributed by atoms with Crippen molar-refractivity contribution in [3.05, 3.63) is 30.6 Å². The van der Waals surface area contributed by atoms with Crippen molar-refractivity contribution in [1.29, 1.82) is 0 Å². The number of amides is 1. The molecule has 2 saturated heterocycles. The average Bonchev–Trinajstić information content (AvgIpc) is 2.55. The lowest BCUT2D eigenvalue weighted by Crippen LogP contribution is -2.54. The van der Waals surface area contributed by atoms with Gasteiger partial charge in [-0.1, -0.05) is 6.58 Å². The van der Waals surface area contributed by atoms with Crippen molar-refractivity contribution in [3.63, 3.8) is 0 Å². The molecule has 22 heavy (non-hydrogen) atoms. The zero-order chi connectivity index (χ0) is 15.6. The Bertz CT molecular complexity index is 555. The van der Waals surface area contributed by atoms with Crippen LogP contribution in [-0.2, 0) is 4.79 Å². The Balaban J connectivity index is 1.75. The highest BCUT2D eigenvalue weighted by Crippen LogP contribution is 2.39. The molecule has 0 aliphatic carbocycles. The van der Waals surface area contributed by atoms with Crippen molar-refractivity contribution in [2.45, 2.75) is 32.6 Å². The van der Waals surface area contributed by atoms with Crippen LogP contribution in [0.15, 0.2) is 30.6 Å². The van der Waals surface area contributed by atoms with Gasteiger partial charge in [-0.3, -0.25) is 4.79 Å². The van der Waals surface area contributed by atoms with Crippen molar-refractivity contribution in [3.8, 4) is 0 Å². The van der Waals surface area contributed by atoms with E-state index in [-0.39, 0.29) is 11.3 Å². The number of likely N-dealkylation sites (tertiary alicyclic amines) is 1. The summed E-state index contributed by atoms with van der Waals surface area (Å²) in [5.74, 6) is 0.914. The Morgan fingerprint density at radius 2 is 1.86 bits per heavy atom. The molecule has 2 fully saturated rings. The highest BCUT2D eigenvalue weighted by atomic mass is 16.2. The third-order valence-corrected chi connectivity index (χ3v) is 4.81. The van der Waals surface area contributed by atoms with Crippen LogP contribution in [0.3, 0.4) is 0 Å². The molecule has 1 unspecified atom stereocenters. The summed E-state index contributed by atoms with van der Waals surface area (Å²) in [4.78, 5) is 25.3. The van der Waals surface area contributed by atoms with Crippen LogP contribution in [-0.4, -0.2) is 47.0 Å². The zero-order valence-electron chi connectivity index (χ0n) is 13.3. The summed E-state index contributed by atoms with van der Waals surface area (Å²) in [5.41, 5.74) is 0.817. The SMILES string of the molecule is C=C(C)C(=O)N1CCCC2(CCCN(c3ncccn3)C2)C1. The van der Waals surface area contributed by atoms with Crippen molar-refractivity contribution in [2.75, 3.05) is 31.1 Å². The third kappa shape index (κ3) is 2.98. The van der Waals surface area contributed by atoms with E-state index < -0.39 is 0 Å². The molecule has 0 aromatic carbocycles. The van der Waals surface area contributed by atoms with Gasteiger partial charge >= 0.3 is 0 Å². The fourth-order valence-corrected chi connectivity index (χ4v) is 3.82. The van der Waals surface area contributed by atoms with Gasteiger partial charge in [0, 0.05) is 49.6 Å². The summed E-state index contributed by atoms with van der Waals surface area (Å²) < 4.78 is 0. The van der Waals surface area contributed by atoms with Gasteiger partial charge in [-0.25, -0.2) is 9.97 Å². The molecule has 118 valence electrons. The minimum Gasteiger partial charge on any atom is -0.340 e. The summed E-state index contributed by atoms with van der Waals surface area (Å²) in [6.07, 6.45) is 8.14. The van der Waals surface area contributed by atoms with Crippen LogP contribution in [0.4, 0.5) is 5.95 Å². The van der Waals surface area contributed by atoms with Gasteiger partial charge in [0.15, 0.2) is 0 Å². The van der Waals surface area contributed by atoms with Gasteiger partial charge < -0.3 is 9.80 Å². The molecule has 1 atom stereocenters. The molecule has 0 saturated carbocycles. The molecule has 3 heterocycles. The molecular weight excluding hydrogens is 276 g/mol. The molecule has 5 nitrogen and oxygen atoms in total. The molecule has 2 aliphatic heterocycles. The van der Waals surface area contributed by atoms with Gasteiger partial charge in [-0.15, -0.1) is 0 Å². The predicted octanol–water partition coefficient (Wildman–Crippen LogP) is 2.26. The molecule has 0 bridgehead atoms. The highest BCUT2D eigenvalue weighted by molar-refractivity contribution is 5.92. The van der Waals surface area contributed by atoms with Crippen LogP contribution in [0.2, 0.25) is 0 Å². The first-order chi connectivity index (χ1) is 10.6. The maximum atomic E-state index is 12.3. The second-order valence-electron chi connectivity index (χ2n) is 6.68. The van der Waals surface area contributed by atoms with Gasteiger partial charge in [-0.2, -0.15) is 0 Å². The second-order valence-corrected chi connectivity index (χ2v) is 6.68. The van der Waals surface area contributed by atoms with Gasteiger partial charge in [0.1, 0.15) is 0 Å². The van der Waals surface area contributed by atoms with Crippen LogP contribution in [0, 0.1) is 5.41 Å². The van der Waals surface area contributed by atoms with Crippen molar-refractivity contribution >= 4 is 11.9 Å². The smallest absolute Gasteiger partial charge is 0.248 e. The van der Waals surface area contributed by atoms with E-state index in [1.54, 1.807) is 19.3 Å². The molecule has 1 spiro atoms. The largest absolute Gasteiger partial charge is 0.340 e. The van der Waals surface area contributed by atoms with Crippen molar-refractivity contribution in [1.82, 2.24) is 14.9 Å². The number of rotatable bonds is 2. The highest BCUT2D eigenvalue weighted by Gasteiger charge is 2.41. The number of anilines is 1. The Morgan fingerprint density at radius 1 is 1.18 bits per heavy atom. The monoisotopic (exact) mass is 300 g/mol.